The molecule has 0 heterocycles. The molecule has 0 unspecified atom stereocenters. The van der Waals surface area contributed by atoms with E-state index in [0.29, 0.717) is 17.4 Å². The van der Waals surface area contributed by atoms with Crippen LogP contribution in [-0.2, 0) is 0 Å². The van der Waals surface area contributed by atoms with Crippen molar-refractivity contribution in [3.05, 3.63) is 17.7 Å². The maximum atomic E-state index is 9.67. The lowest BCUT2D eigenvalue weighted by Gasteiger charge is -2.23. The van der Waals surface area contributed by atoms with Gasteiger partial charge in [-0.2, -0.15) is 0 Å². The van der Waals surface area contributed by atoms with Crippen LogP contribution >= 0.6 is 0 Å². The Morgan fingerprint density at radius 3 is 2.56 bits per heavy atom. The van der Waals surface area contributed by atoms with Crippen LogP contribution in [0.1, 0.15) is 43.6 Å². The minimum absolute atomic E-state index is 0.0575. The predicted molar refractivity (Wildman–Crippen MR) is 64.9 cm³/mol. The molecular weight excluding hydrogens is 202 g/mol. The molecule has 0 radical (unpaired) electrons. The van der Waals surface area contributed by atoms with E-state index >= 15 is 0 Å². The molecule has 1 aromatic rings. The fraction of sp³-hybridized carbons (Fsp3) is 0.538. The van der Waals surface area contributed by atoms with Crippen LogP contribution in [0.15, 0.2) is 12.1 Å². The van der Waals surface area contributed by atoms with Crippen molar-refractivity contribution in [2.24, 2.45) is 0 Å². The number of nitrogen functional groups attached to an aromatic ring is 1. The smallest absolute Gasteiger partial charge is 0.181 e. The lowest BCUT2D eigenvalue weighted by molar-refractivity contribution is 0.372. The standard InChI is InChI=1S/C13H19NO2/c1-16-12-8-10(7-11(14)13(12)15)9-5-3-2-4-6-9/h7-9,15H,2-6,14H2,1H3. The molecule has 1 saturated carbocycles. The summed E-state index contributed by atoms with van der Waals surface area (Å²) >= 11 is 0. The third kappa shape index (κ3) is 2.08. The molecule has 0 saturated heterocycles. The summed E-state index contributed by atoms with van der Waals surface area (Å²) in [6.07, 6.45) is 6.34. The fourth-order valence-corrected chi connectivity index (χ4v) is 2.48. The van der Waals surface area contributed by atoms with E-state index in [1.807, 2.05) is 12.1 Å². The zero-order valence-electron chi connectivity index (χ0n) is 9.70. The molecule has 16 heavy (non-hydrogen) atoms. The van der Waals surface area contributed by atoms with E-state index < -0.39 is 0 Å². The summed E-state index contributed by atoms with van der Waals surface area (Å²) < 4.78 is 5.13. The van der Waals surface area contributed by atoms with Gasteiger partial charge in [0.05, 0.1) is 12.8 Å². The van der Waals surface area contributed by atoms with Crippen molar-refractivity contribution in [1.29, 1.82) is 0 Å². The van der Waals surface area contributed by atoms with Gasteiger partial charge in [-0.15, -0.1) is 0 Å². The van der Waals surface area contributed by atoms with E-state index in [2.05, 4.69) is 0 Å². The number of phenolic OH excluding ortho intramolecular Hbond substituents is 1. The second-order valence-corrected chi connectivity index (χ2v) is 4.50. The van der Waals surface area contributed by atoms with E-state index in [-0.39, 0.29) is 5.75 Å². The molecule has 3 N–H and O–H groups in total. The van der Waals surface area contributed by atoms with Crippen molar-refractivity contribution in [1.82, 2.24) is 0 Å². The van der Waals surface area contributed by atoms with Gasteiger partial charge >= 0.3 is 0 Å². The van der Waals surface area contributed by atoms with Gasteiger partial charge in [0.15, 0.2) is 11.5 Å². The molecule has 0 amide bonds. The van der Waals surface area contributed by atoms with Crippen molar-refractivity contribution >= 4 is 5.69 Å². The average Bonchev–Trinajstić information content (AvgIpc) is 2.33. The van der Waals surface area contributed by atoms with Gasteiger partial charge in [-0.1, -0.05) is 19.3 Å². The van der Waals surface area contributed by atoms with Crippen molar-refractivity contribution < 1.29 is 9.84 Å². The lowest BCUT2D eigenvalue weighted by atomic mass is 9.84. The summed E-state index contributed by atoms with van der Waals surface area (Å²) in [6.45, 7) is 0. The topological polar surface area (TPSA) is 55.5 Å². The number of hydrogen-bond donors (Lipinski definition) is 2. The van der Waals surface area contributed by atoms with Crippen molar-refractivity contribution in [2.45, 2.75) is 38.0 Å². The van der Waals surface area contributed by atoms with Crippen LogP contribution in [0.25, 0.3) is 0 Å². The third-order valence-electron chi connectivity index (χ3n) is 3.42. The van der Waals surface area contributed by atoms with Crippen molar-refractivity contribution in [3.63, 3.8) is 0 Å². The first kappa shape index (κ1) is 11.1. The molecule has 3 nitrogen and oxygen atoms in total. The Labute approximate surface area is 96.2 Å². The molecule has 1 aliphatic carbocycles. The fourth-order valence-electron chi connectivity index (χ4n) is 2.48. The van der Waals surface area contributed by atoms with E-state index in [9.17, 15) is 5.11 Å². The minimum atomic E-state index is 0.0575. The number of aromatic hydroxyl groups is 1. The van der Waals surface area contributed by atoms with Gasteiger partial charge in [0.25, 0.3) is 0 Å². The van der Waals surface area contributed by atoms with Crippen molar-refractivity contribution in [3.8, 4) is 11.5 Å². The van der Waals surface area contributed by atoms with Gasteiger partial charge in [0.1, 0.15) is 0 Å². The molecule has 1 aliphatic rings. The SMILES string of the molecule is COc1cc(C2CCCCC2)cc(N)c1O. The lowest BCUT2D eigenvalue weighted by Crippen LogP contribution is -2.05. The maximum absolute atomic E-state index is 9.67. The molecular formula is C13H19NO2. The summed E-state index contributed by atoms with van der Waals surface area (Å²) in [7, 11) is 1.55. The van der Waals surface area contributed by atoms with Gasteiger partial charge < -0.3 is 15.6 Å². The van der Waals surface area contributed by atoms with Crippen LogP contribution in [-0.4, -0.2) is 12.2 Å². The summed E-state index contributed by atoms with van der Waals surface area (Å²) in [5.41, 5.74) is 7.39. The van der Waals surface area contributed by atoms with E-state index in [1.165, 1.54) is 37.7 Å². The Balaban J connectivity index is 2.29. The summed E-state index contributed by atoms with van der Waals surface area (Å²) in [4.78, 5) is 0. The van der Waals surface area contributed by atoms with E-state index in [0.717, 1.165) is 0 Å². The molecule has 88 valence electrons. The highest BCUT2D eigenvalue weighted by atomic mass is 16.5. The van der Waals surface area contributed by atoms with Gasteiger partial charge in [-0.3, -0.25) is 0 Å². The van der Waals surface area contributed by atoms with Crippen LogP contribution < -0.4 is 10.5 Å². The quantitative estimate of drug-likeness (QED) is 0.596. The number of hydrogen-bond acceptors (Lipinski definition) is 3. The zero-order chi connectivity index (χ0) is 11.5. The third-order valence-corrected chi connectivity index (χ3v) is 3.42. The van der Waals surface area contributed by atoms with Crippen LogP contribution in [0.3, 0.4) is 0 Å². The second kappa shape index (κ2) is 4.64. The average molecular weight is 221 g/mol. The predicted octanol–water partition coefficient (Wildman–Crippen LogP) is 3.03. The molecule has 1 fully saturated rings. The summed E-state index contributed by atoms with van der Waals surface area (Å²) in [6, 6.07) is 3.80. The summed E-state index contributed by atoms with van der Waals surface area (Å²) in [5, 5.41) is 9.67. The number of anilines is 1. The number of rotatable bonds is 2. The van der Waals surface area contributed by atoms with Crippen LogP contribution in [0.4, 0.5) is 5.69 Å². The van der Waals surface area contributed by atoms with Gasteiger partial charge in [-0.25, -0.2) is 0 Å². The monoisotopic (exact) mass is 221 g/mol. The van der Waals surface area contributed by atoms with Gasteiger partial charge in [-0.05, 0) is 36.5 Å². The van der Waals surface area contributed by atoms with Crippen LogP contribution in [0.2, 0.25) is 0 Å². The Hall–Kier alpha value is -1.38. The second-order valence-electron chi connectivity index (χ2n) is 4.50. The highest BCUT2D eigenvalue weighted by Gasteiger charge is 2.18. The molecule has 0 bridgehead atoms. The number of methoxy groups -OCH3 is 1. The molecule has 0 atom stereocenters. The van der Waals surface area contributed by atoms with E-state index in [1.54, 1.807) is 7.11 Å². The summed E-state index contributed by atoms with van der Waals surface area (Å²) in [5.74, 6) is 1.12. The van der Waals surface area contributed by atoms with Gasteiger partial charge in [0, 0.05) is 0 Å². The Kier molecular flexibility index (Phi) is 3.22. The van der Waals surface area contributed by atoms with E-state index in [4.69, 9.17) is 10.5 Å². The first-order valence-electron chi connectivity index (χ1n) is 5.88. The number of phenols is 1. The number of nitrogens with two attached hydrogens (primary N) is 1. The van der Waals surface area contributed by atoms with Crippen molar-refractivity contribution in [2.75, 3.05) is 12.8 Å². The molecule has 0 spiro atoms. The Morgan fingerprint density at radius 2 is 1.94 bits per heavy atom. The number of ether oxygens (including phenoxy) is 1. The van der Waals surface area contributed by atoms with Gasteiger partial charge in [0.2, 0.25) is 0 Å². The normalized spacial score (nSPS) is 17.3. The highest BCUT2D eigenvalue weighted by molar-refractivity contribution is 5.61. The highest BCUT2D eigenvalue weighted by Crippen LogP contribution is 2.39. The Bertz CT molecular complexity index is 370. The first-order valence-corrected chi connectivity index (χ1v) is 5.88. The number of benzene rings is 1. The Morgan fingerprint density at radius 1 is 1.25 bits per heavy atom. The zero-order valence-corrected chi connectivity index (χ0v) is 9.70. The molecule has 0 aliphatic heterocycles. The first-order chi connectivity index (χ1) is 7.72. The van der Waals surface area contributed by atoms with Crippen LogP contribution in [0, 0.1) is 0 Å². The van der Waals surface area contributed by atoms with Crippen LogP contribution in [0.5, 0.6) is 11.5 Å². The molecule has 3 heteroatoms. The molecule has 1 aromatic carbocycles. The molecule has 2 rings (SSSR count). The molecule has 0 aromatic heterocycles. The largest absolute Gasteiger partial charge is 0.503 e. The minimum Gasteiger partial charge on any atom is -0.503 e. The maximum Gasteiger partial charge on any atom is 0.181 e.